The molecule has 0 atom stereocenters. The van der Waals surface area contributed by atoms with Crippen LogP contribution in [0.5, 0.6) is 0 Å². The SMILES string of the molecule is Cc1nc2cnc(Nc3ccnc(-c4cnn(CC5CC5)c4)n3)cc2n1C(C)C. The van der Waals surface area contributed by atoms with E-state index in [0.717, 1.165) is 40.7 Å². The van der Waals surface area contributed by atoms with Crippen molar-refractivity contribution >= 4 is 22.7 Å². The van der Waals surface area contributed by atoms with Gasteiger partial charge < -0.3 is 9.88 Å². The maximum Gasteiger partial charge on any atom is 0.164 e. The number of hydrogen-bond acceptors (Lipinski definition) is 6. The molecule has 1 saturated carbocycles. The van der Waals surface area contributed by atoms with Crippen molar-refractivity contribution in [2.24, 2.45) is 5.92 Å². The molecule has 0 amide bonds. The number of aryl methyl sites for hydroxylation is 1. The molecular formula is C21H24N8. The van der Waals surface area contributed by atoms with E-state index >= 15 is 0 Å². The van der Waals surface area contributed by atoms with Crippen LogP contribution < -0.4 is 5.32 Å². The van der Waals surface area contributed by atoms with Crippen LogP contribution in [0.1, 0.15) is 38.6 Å². The standard InChI is InChI=1S/C21H24N8/c1-13(2)29-14(3)25-17-10-23-20(8-18(17)29)26-19-6-7-22-21(27-19)16-9-24-28(12-16)11-15-4-5-15/h6-10,12-13,15H,4-5,11H2,1-3H3,(H,22,23,26,27). The van der Waals surface area contributed by atoms with Crippen molar-refractivity contribution in [1.29, 1.82) is 0 Å². The highest BCUT2D eigenvalue weighted by molar-refractivity contribution is 5.79. The summed E-state index contributed by atoms with van der Waals surface area (Å²) in [4.78, 5) is 18.2. The first kappa shape index (κ1) is 17.8. The Bertz CT molecular complexity index is 1170. The third-order valence-electron chi connectivity index (χ3n) is 5.21. The third-order valence-corrected chi connectivity index (χ3v) is 5.21. The Morgan fingerprint density at radius 3 is 2.79 bits per heavy atom. The van der Waals surface area contributed by atoms with E-state index in [4.69, 9.17) is 0 Å². The van der Waals surface area contributed by atoms with Crippen molar-refractivity contribution in [2.75, 3.05) is 5.32 Å². The summed E-state index contributed by atoms with van der Waals surface area (Å²) in [6.45, 7) is 7.31. The lowest BCUT2D eigenvalue weighted by molar-refractivity contribution is 0.563. The van der Waals surface area contributed by atoms with E-state index < -0.39 is 0 Å². The first-order valence-electron chi connectivity index (χ1n) is 10.0. The molecule has 1 fully saturated rings. The van der Waals surface area contributed by atoms with Crippen LogP contribution in [0.15, 0.2) is 36.9 Å². The molecule has 4 heterocycles. The van der Waals surface area contributed by atoms with Crippen molar-refractivity contribution in [3.8, 4) is 11.4 Å². The van der Waals surface area contributed by atoms with E-state index in [-0.39, 0.29) is 0 Å². The summed E-state index contributed by atoms with van der Waals surface area (Å²) < 4.78 is 4.20. The minimum Gasteiger partial charge on any atom is -0.326 e. The van der Waals surface area contributed by atoms with Gasteiger partial charge in [-0.05, 0) is 45.6 Å². The maximum absolute atomic E-state index is 4.65. The second-order valence-electron chi connectivity index (χ2n) is 7.97. The molecule has 1 aliphatic rings. The van der Waals surface area contributed by atoms with Crippen LogP contribution in [-0.4, -0.2) is 34.3 Å². The van der Waals surface area contributed by atoms with E-state index in [1.165, 1.54) is 12.8 Å². The molecule has 0 unspecified atom stereocenters. The van der Waals surface area contributed by atoms with Gasteiger partial charge in [-0.3, -0.25) is 4.68 Å². The fourth-order valence-corrected chi connectivity index (χ4v) is 3.68. The molecule has 0 bridgehead atoms. The van der Waals surface area contributed by atoms with Gasteiger partial charge in [0.15, 0.2) is 5.82 Å². The largest absolute Gasteiger partial charge is 0.326 e. The molecule has 4 aromatic heterocycles. The van der Waals surface area contributed by atoms with Gasteiger partial charge in [0.05, 0.1) is 23.5 Å². The van der Waals surface area contributed by atoms with Crippen molar-refractivity contribution in [3.05, 3.63) is 42.7 Å². The van der Waals surface area contributed by atoms with Crippen LogP contribution in [0, 0.1) is 12.8 Å². The van der Waals surface area contributed by atoms with E-state index in [1.54, 1.807) is 12.4 Å². The third kappa shape index (κ3) is 3.57. The molecule has 0 aromatic carbocycles. The van der Waals surface area contributed by atoms with Gasteiger partial charge in [0.1, 0.15) is 23.0 Å². The van der Waals surface area contributed by atoms with E-state index in [1.807, 2.05) is 36.1 Å². The average molecular weight is 388 g/mol. The van der Waals surface area contributed by atoms with Crippen molar-refractivity contribution in [2.45, 2.75) is 46.2 Å². The smallest absolute Gasteiger partial charge is 0.164 e. The van der Waals surface area contributed by atoms with Crippen LogP contribution in [0.4, 0.5) is 11.6 Å². The number of nitrogens with one attached hydrogen (secondary N) is 1. The number of nitrogens with zero attached hydrogens (tertiary/aromatic N) is 7. The van der Waals surface area contributed by atoms with Gasteiger partial charge in [-0.1, -0.05) is 0 Å². The van der Waals surface area contributed by atoms with Crippen LogP contribution in [0.3, 0.4) is 0 Å². The monoisotopic (exact) mass is 388 g/mol. The summed E-state index contributed by atoms with van der Waals surface area (Å²) in [5, 5.41) is 7.74. The zero-order valence-electron chi connectivity index (χ0n) is 16.9. The van der Waals surface area contributed by atoms with Crippen molar-refractivity contribution in [3.63, 3.8) is 0 Å². The Labute approximate surface area is 169 Å². The van der Waals surface area contributed by atoms with Gasteiger partial charge in [0.25, 0.3) is 0 Å². The number of hydrogen-bond donors (Lipinski definition) is 1. The predicted octanol–water partition coefficient (Wildman–Crippen LogP) is 4.13. The fraction of sp³-hybridized carbons (Fsp3) is 0.381. The predicted molar refractivity (Wildman–Crippen MR) is 112 cm³/mol. The lowest BCUT2D eigenvalue weighted by atomic mass is 10.3. The Morgan fingerprint density at radius 2 is 2.00 bits per heavy atom. The highest BCUT2D eigenvalue weighted by atomic mass is 15.3. The summed E-state index contributed by atoms with van der Waals surface area (Å²) in [5.41, 5.74) is 2.88. The van der Waals surface area contributed by atoms with Crippen LogP contribution in [0.25, 0.3) is 22.4 Å². The van der Waals surface area contributed by atoms with Gasteiger partial charge in [-0.15, -0.1) is 0 Å². The normalized spacial score (nSPS) is 14.1. The summed E-state index contributed by atoms with van der Waals surface area (Å²) in [5.74, 6) is 3.85. The Balaban J connectivity index is 1.41. The molecule has 0 radical (unpaired) electrons. The average Bonchev–Trinajstić information content (AvgIpc) is 3.26. The molecule has 0 saturated heterocycles. The summed E-state index contributed by atoms with van der Waals surface area (Å²) in [6.07, 6.45) is 10.0. The zero-order chi connectivity index (χ0) is 20.0. The maximum atomic E-state index is 4.65. The van der Waals surface area contributed by atoms with Gasteiger partial charge in [0.2, 0.25) is 0 Å². The molecule has 4 aromatic rings. The minimum absolute atomic E-state index is 0.327. The second kappa shape index (κ2) is 6.95. The molecule has 0 spiro atoms. The van der Waals surface area contributed by atoms with E-state index in [9.17, 15) is 0 Å². The van der Waals surface area contributed by atoms with Crippen molar-refractivity contribution in [1.82, 2.24) is 34.3 Å². The number of anilines is 2. The molecule has 0 aliphatic heterocycles. The van der Waals surface area contributed by atoms with Gasteiger partial charge in [-0.25, -0.2) is 19.9 Å². The Hall–Kier alpha value is -3.29. The Kier molecular flexibility index (Phi) is 4.26. The number of rotatable bonds is 6. The molecule has 1 aliphatic carbocycles. The first-order valence-corrected chi connectivity index (χ1v) is 10.0. The molecular weight excluding hydrogens is 364 g/mol. The zero-order valence-corrected chi connectivity index (χ0v) is 16.9. The number of pyridine rings is 1. The minimum atomic E-state index is 0.327. The highest BCUT2D eigenvalue weighted by Gasteiger charge is 2.22. The van der Waals surface area contributed by atoms with Crippen LogP contribution in [0.2, 0.25) is 0 Å². The summed E-state index contributed by atoms with van der Waals surface area (Å²) in [7, 11) is 0. The summed E-state index contributed by atoms with van der Waals surface area (Å²) in [6, 6.07) is 4.19. The van der Waals surface area contributed by atoms with Crippen LogP contribution >= 0.6 is 0 Å². The topological polar surface area (TPSA) is 86.3 Å². The Morgan fingerprint density at radius 1 is 1.14 bits per heavy atom. The molecule has 8 heteroatoms. The van der Waals surface area contributed by atoms with Gasteiger partial charge >= 0.3 is 0 Å². The van der Waals surface area contributed by atoms with Crippen molar-refractivity contribution < 1.29 is 0 Å². The second-order valence-corrected chi connectivity index (χ2v) is 7.97. The highest BCUT2D eigenvalue weighted by Crippen LogP contribution is 2.30. The molecule has 29 heavy (non-hydrogen) atoms. The molecule has 8 nitrogen and oxygen atoms in total. The molecule has 1 N–H and O–H groups in total. The fourth-order valence-electron chi connectivity index (χ4n) is 3.68. The van der Waals surface area contributed by atoms with Gasteiger partial charge in [0, 0.05) is 31.0 Å². The number of fused-ring (bicyclic) bond motifs is 1. The summed E-state index contributed by atoms with van der Waals surface area (Å²) >= 11 is 0. The lowest BCUT2D eigenvalue weighted by Crippen LogP contribution is -2.03. The first-order chi connectivity index (χ1) is 14.1. The molecule has 148 valence electrons. The van der Waals surface area contributed by atoms with Crippen LogP contribution in [-0.2, 0) is 6.54 Å². The number of imidazole rings is 1. The quantitative estimate of drug-likeness (QED) is 0.534. The lowest BCUT2D eigenvalue weighted by Gasteiger charge is -2.11. The van der Waals surface area contributed by atoms with E-state index in [0.29, 0.717) is 17.7 Å². The van der Waals surface area contributed by atoms with Gasteiger partial charge in [-0.2, -0.15) is 5.10 Å². The van der Waals surface area contributed by atoms with E-state index in [2.05, 4.69) is 48.8 Å². The number of aromatic nitrogens is 7. The molecule has 5 rings (SSSR count).